The van der Waals surface area contributed by atoms with E-state index in [0.717, 1.165) is 30.4 Å². The Kier molecular flexibility index (Phi) is 3.98. The molecule has 0 aromatic heterocycles. The Labute approximate surface area is 127 Å². The summed E-state index contributed by atoms with van der Waals surface area (Å²) in [7, 11) is 0. The Balaban J connectivity index is 1.47. The number of likely N-dealkylation sites (tertiary alicyclic amines) is 1. The number of hydrogen-bond donors (Lipinski definition) is 2. The number of carbonyl (C=O) groups excluding carboxylic acids is 1. The van der Waals surface area contributed by atoms with Crippen molar-refractivity contribution >= 4 is 22.0 Å². The van der Waals surface area contributed by atoms with E-state index in [9.17, 15) is 4.79 Å². The molecule has 108 valence electrons. The lowest BCUT2D eigenvalue weighted by molar-refractivity contribution is 0.185. The lowest BCUT2D eigenvalue weighted by atomic mass is 10.0. The smallest absolute Gasteiger partial charge is 0.314 e. The van der Waals surface area contributed by atoms with Crippen LogP contribution in [-0.2, 0) is 0 Å². The van der Waals surface area contributed by atoms with E-state index in [4.69, 9.17) is 5.73 Å². The zero-order valence-electron chi connectivity index (χ0n) is 11.4. The largest absolute Gasteiger partial charge is 0.351 e. The standard InChI is InChI=1S/C15H20BrN3O/c16-11-3-1-10(2-4-11)13-9-14(13)18-12-5-7-19(8-6-12)15(17)20/h1-4,12-14,18H,5-9H2,(H2,17,20)/t13-,14?/m1/s1. The van der Waals surface area contributed by atoms with Gasteiger partial charge in [-0.05, 0) is 37.0 Å². The number of rotatable bonds is 3. The SMILES string of the molecule is NC(=O)N1CCC(NC2C[C@@H]2c2ccc(Br)cc2)CC1. The molecule has 20 heavy (non-hydrogen) atoms. The van der Waals surface area contributed by atoms with Crippen molar-refractivity contribution in [2.24, 2.45) is 5.73 Å². The van der Waals surface area contributed by atoms with Gasteiger partial charge in [-0.2, -0.15) is 0 Å². The van der Waals surface area contributed by atoms with Crippen LogP contribution >= 0.6 is 15.9 Å². The maximum Gasteiger partial charge on any atom is 0.314 e. The molecule has 0 radical (unpaired) electrons. The van der Waals surface area contributed by atoms with Crippen LogP contribution in [0.3, 0.4) is 0 Å². The number of amides is 2. The van der Waals surface area contributed by atoms with Gasteiger partial charge in [0.2, 0.25) is 0 Å². The summed E-state index contributed by atoms with van der Waals surface area (Å²) in [5.74, 6) is 0.650. The highest BCUT2D eigenvalue weighted by molar-refractivity contribution is 9.10. The first-order valence-corrected chi connectivity index (χ1v) is 7.98. The fourth-order valence-electron chi connectivity index (χ4n) is 3.03. The van der Waals surface area contributed by atoms with Gasteiger partial charge in [0.15, 0.2) is 0 Å². The van der Waals surface area contributed by atoms with Crippen molar-refractivity contribution in [2.45, 2.75) is 37.3 Å². The second-order valence-electron chi connectivity index (χ2n) is 5.77. The number of urea groups is 1. The lowest BCUT2D eigenvalue weighted by Gasteiger charge is -2.31. The fourth-order valence-corrected chi connectivity index (χ4v) is 3.29. The van der Waals surface area contributed by atoms with Crippen molar-refractivity contribution in [3.05, 3.63) is 34.3 Å². The topological polar surface area (TPSA) is 58.4 Å². The molecule has 4 nitrogen and oxygen atoms in total. The van der Waals surface area contributed by atoms with E-state index in [1.165, 1.54) is 12.0 Å². The van der Waals surface area contributed by atoms with Gasteiger partial charge in [0.25, 0.3) is 0 Å². The molecule has 1 unspecified atom stereocenters. The van der Waals surface area contributed by atoms with Crippen molar-refractivity contribution in [1.82, 2.24) is 10.2 Å². The molecule has 3 rings (SSSR count). The summed E-state index contributed by atoms with van der Waals surface area (Å²) in [6.07, 6.45) is 3.23. The van der Waals surface area contributed by atoms with Crippen LogP contribution in [0, 0.1) is 0 Å². The molecule has 2 atom stereocenters. The fraction of sp³-hybridized carbons (Fsp3) is 0.533. The Morgan fingerprint density at radius 3 is 2.50 bits per heavy atom. The van der Waals surface area contributed by atoms with Gasteiger partial charge in [-0.25, -0.2) is 4.79 Å². The van der Waals surface area contributed by atoms with Crippen molar-refractivity contribution in [3.63, 3.8) is 0 Å². The Hall–Kier alpha value is -1.07. The molecular weight excluding hydrogens is 318 g/mol. The minimum Gasteiger partial charge on any atom is -0.351 e. The number of carbonyl (C=O) groups is 1. The minimum atomic E-state index is -0.289. The lowest BCUT2D eigenvalue weighted by Crippen LogP contribution is -2.47. The zero-order valence-corrected chi connectivity index (χ0v) is 13.0. The molecule has 1 heterocycles. The van der Waals surface area contributed by atoms with Crippen molar-refractivity contribution < 1.29 is 4.79 Å². The number of primary amides is 1. The molecule has 3 N–H and O–H groups in total. The van der Waals surface area contributed by atoms with E-state index in [1.54, 1.807) is 4.90 Å². The van der Waals surface area contributed by atoms with Crippen LogP contribution < -0.4 is 11.1 Å². The molecule has 1 saturated carbocycles. The average Bonchev–Trinajstić information content (AvgIpc) is 3.19. The predicted molar refractivity (Wildman–Crippen MR) is 82.6 cm³/mol. The molecule has 0 spiro atoms. The van der Waals surface area contributed by atoms with Crippen molar-refractivity contribution in [1.29, 1.82) is 0 Å². The van der Waals surface area contributed by atoms with Crippen LogP contribution in [-0.4, -0.2) is 36.1 Å². The van der Waals surface area contributed by atoms with Gasteiger partial charge in [-0.3, -0.25) is 0 Å². The number of piperidine rings is 1. The summed E-state index contributed by atoms with van der Waals surface area (Å²) in [5, 5.41) is 3.72. The summed E-state index contributed by atoms with van der Waals surface area (Å²) < 4.78 is 1.13. The van der Waals surface area contributed by atoms with Crippen LogP contribution in [0.5, 0.6) is 0 Å². The highest BCUT2D eigenvalue weighted by atomic mass is 79.9. The van der Waals surface area contributed by atoms with Crippen molar-refractivity contribution in [2.75, 3.05) is 13.1 Å². The predicted octanol–water partition coefficient (Wildman–Crippen LogP) is 2.44. The molecule has 2 fully saturated rings. The van der Waals surface area contributed by atoms with Crippen LogP contribution in [0.15, 0.2) is 28.7 Å². The van der Waals surface area contributed by atoms with E-state index in [0.29, 0.717) is 18.0 Å². The number of nitrogens with zero attached hydrogens (tertiary/aromatic N) is 1. The monoisotopic (exact) mass is 337 g/mol. The first kappa shape index (κ1) is 13.9. The molecule has 5 heteroatoms. The Morgan fingerprint density at radius 2 is 1.90 bits per heavy atom. The van der Waals surface area contributed by atoms with Crippen molar-refractivity contribution in [3.8, 4) is 0 Å². The third-order valence-electron chi connectivity index (χ3n) is 4.35. The minimum absolute atomic E-state index is 0.289. The normalized spacial score (nSPS) is 26.6. The second-order valence-corrected chi connectivity index (χ2v) is 6.68. The van der Waals surface area contributed by atoms with E-state index in [1.807, 2.05) is 0 Å². The summed E-state index contributed by atoms with van der Waals surface area (Å²) in [5.41, 5.74) is 6.72. The number of nitrogens with two attached hydrogens (primary N) is 1. The van der Waals surface area contributed by atoms with Gasteiger partial charge in [0, 0.05) is 35.6 Å². The van der Waals surface area contributed by atoms with Gasteiger partial charge < -0.3 is 16.0 Å². The Morgan fingerprint density at radius 1 is 1.25 bits per heavy atom. The van der Waals surface area contributed by atoms with Crippen LogP contribution in [0.25, 0.3) is 0 Å². The van der Waals surface area contributed by atoms with Crippen LogP contribution in [0.4, 0.5) is 4.79 Å². The van der Waals surface area contributed by atoms with E-state index < -0.39 is 0 Å². The summed E-state index contributed by atoms with van der Waals surface area (Å²) >= 11 is 3.47. The summed E-state index contributed by atoms with van der Waals surface area (Å²) in [6.45, 7) is 1.56. The highest BCUT2D eigenvalue weighted by Gasteiger charge is 2.39. The van der Waals surface area contributed by atoms with Gasteiger partial charge in [0.05, 0.1) is 0 Å². The molecule has 2 amide bonds. The molecule has 2 aliphatic rings. The van der Waals surface area contributed by atoms with E-state index >= 15 is 0 Å². The zero-order chi connectivity index (χ0) is 14.1. The number of benzene rings is 1. The molecular formula is C15H20BrN3O. The van der Waals surface area contributed by atoms with E-state index in [2.05, 4.69) is 45.5 Å². The van der Waals surface area contributed by atoms with Gasteiger partial charge >= 0.3 is 6.03 Å². The van der Waals surface area contributed by atoms with Gasteiger partial charge in [-0.15, -0.1) is 0 Å². The molecule has 1 aromatic carbocycles. The molecule has 1 saturated heterocycles. The third kappa shape index (κ3) is 3.15. The third-order valence-corrected chi connectivity index (χ3v) is 4.87. The van der Waals surface area contributed by atoms with Gasteiger partial charge in [-0.1, -0.05) is 28.1 Å². The van der Waals surface area contributed by atoms with Crippen LogP contribution in [0.2, 0.25) is 0 Å². The first-order valence-electron chi connectivity index (χ1n) is 7.19. The number of nitrogens with one attached hydrogen (secondary N) is 1. The first-order chi connectivity index (χ1) is 9.63. The summed E-state index contributed by atoms with van der Waals surface area (Å²) in [6, 6.07) is 9.45. The maximum absolute atomic E-state index is 11.1. The molecule has 1 aliphatic heterocycles. The van der Waals surface area contributed by atoms with Gasteiger partial charge in [0.1, 0.15) is 0 Å². The maximum atomic E-state index is 11.1. The average molecular weight is 338 g/mol. The Bertz CT molecular complexity index is 482. The number of hydrogen-bond acceptors (Lipinski definition) is 2. The number of halogens is 1. The van der Waals surface area contributed by atoms with Crippen LogP contribution in [0.1, 0.15) is 30.7 Å². The highest BCUT2D eigenvalue weighted by Crippen LogP contribution is 2.41. The van der Waals surface area contributed by atoms with E-state index in [-0.39, 0.29) is 6.03 Å². The molecule has 1 aromatic rings. The summed E-state index contributed by atoms with van der Waals surface area (Å²) in [4.78, 5) is 12.8. The molecule has 0 bridgehead atoms. The quantitative estimate of drug-likeness (QED) is 0.889. The second kappa shape index (κ2) is 5.74. The molecule has 1 aliphatic carbocycles.